The van der Waals surface area contributed by atoms with Gasteiger partial charge in [-0.05, 0) is 54.6 Å². The molecule has 26 heavy (non-hydrogen) atoms. The minimum absolute atomic E-state index is 0.0544. The van der Waals surface area contributed by atoms with Crippen LogP contribution in [0.25, 0.3) is 0 Å². The summed E-state index contributed by atoms with van der Waals surface area (Å²) >= 11 is 13.9. The fraction of sp³-hybridized carbons (Fsp3) is 0.222. The van der Waals surface area contributed by atoms with Crippen molar-refractivity contribution in [2.45, 2.75) is 24.8 Å². The first-order valence-electron chi connectivity index (χ1n) is 7.88. The molecule has 0 amide bonds. The van der Waals surface area contributed by atoms with E-state index in [-0.39, 0.29) is 16.5 Å². The van der Waals surface area contributed by atoms with Gasteiger partial charge in [-0.1, -0.05) is 29.3 Å². The SMILES string of the molecule is Cc1cc(S(=O)(=O)N(CCc2cccs2)Cc2ccco2)c(Cl)cc1Cl. The Hall–Kier alpha value is -1.31. The van der Waals surface area contributed by atoms with E-state index in [1.807, 2.05) is 17.5 Å². The predicted octanol–water partition coefficient (Wildman–Crippen LogP) is 5.39. The largest absolute Gasteiger partial charge is 0.468 e. The molecule has 0 aliphatic carbocycles. The summed E-state index contributed by atoms with van der Waals surface area (Å²) in [5, 5.41) is 2.52. The number of furan rings is 1. The summed E-state index contributed by atoms with van der Waals surface area (Å²) in [6.07, 6.45) is 2.14. The average molecular weight is 430 g/mol. The van der Waals surface area contributed by atoms with E-state index in [0.29, 0.717) is 29.3 Å². The second kappa shape index (κ2) is 8.15. The number of halogens is 2. The van der Waals surface area contributed by atoms with E-state index in [1.54, 1.807) is 30.4 Å². The van der Waals surface area contributed by atoms with Crippen molar-refractivity contribution in [3.05, 3.63) is 74.3 Å². The number of benzene rings is 1. The number of aryl methyl sites for hydroxylation is 1. The molecule has 0 atom stereocenters. The van der Waals surface area contributed by atoms with Gasteiger partial charge in [0.15, 0.2) is 0 Å². The number of thiophene rings is 1. The molecule has 2 heterocycles. The lowest BCUT2D eigenvalue weighted by atomic mass is 10.2. The summed E-state index contributed by atoms with van der Waals surface area (Å²) in [7, 11) is -3.81. The molecule has 4 nitrogen and oxygen atoms in total. The Labute approximate surface area is 167 Å². The molecule has 0 radical (unpaired) electrons. The van der Waals surface area contributed by atoms with Gasteiger partial charge in [0.1, 0.15) is 10.7 Å². The fourth-order valence-electron chi connectivity index (χ4n) is 2.52. The highest BCUT2D eigenvalue weighted by molar-refractivity contribution is 7.89. The lowest BCUT2D eigenvalue weighted by Gasteiger charge is -2.22. The molecule has 138 valence electrons. The van der Waals surface area contributed by atoms with Gasteiger partial charge in [-0.3, -0.25) is 0 Å². The number of nitrogens with zero attached hydrogens (tertiary/aromatic N) is 1. The van der Waals surface area contributed by atoms with Crippen LogP contribution >= 0.6 is 34.5 Å². The molecule has 0 aliphatic rings. The smallest absolute Gasteiger partial charge is 0.244 e. The monoisotopic (exact) mass is 429 g/mol. The predicted molar refractivity (Wildman–Crippen MR) is 106 cm³/mol. The molecule has 0 N–H and O–H groups in total. The highest BCUT2D eigenvalue weighted by Gasteiger charge is 2.28. The van der Waals surface area contributed by atoms with Crippen molar-refractivity contribution in [3.8, 4) is 0 Å². The number of sulfonamides is 1. The second-order valence-electron chi connectivity index (χ2n) is 5.78. The Bertz CT molecular complexity index is 968. The highest BCUT2D eigenvalue weighted by Crippen LogP contribution is 2.31. The third-order valence-electron chi connectivity index (χ3n) is 3.93. The summed E-state index contributed by atoms with van der Waals surface area (Å²) in [4.78, 5) is 1.17. The zero-order chi connectivity index (χ0) is 18.7. The van der Waals surface area contributed by atoms with Crippen LogP contribution in [0.15, 0.2) is 57.4 Å². The summed E-state index contributed by atoms with van der Waals surface area (Å²) in [5.74, 6) is 0.571. The average Bonchev–Trinajstić information content (AvgIpc) is 3.28. The van der Waals surface area contributed by atoms with Crippen molar-refractivity contribution < 1.29 is 12.8 Å². The van der Waals surface area contributed by atoms with Crippen molar-refractivity contribution in [3.63, 3.8) is 0 Å². The molecule has 3 aromatic rings. The van der Waals surface area contributed by atoms with E-state index in [2.05, 4.69) is 0 Å². The van der Waals surface area contributed by atoms with Crippen LogP contribution in [-0.4, -0.2) is 19.3 Å². The summed E-state index contributed by atoms with van der Waals surface area (Å²) in [5.41, 5.74) is 0.658. The van der Waals surface area contributed by atoms with E-state index in [1.165, 1.54) is 22.7 Å². The topological polar surface area (TPSA) is 50.5 Å². The lowest BCUT2D eigenvalue weighted by molar-refractivity contribution is 0.366. The van der Waals surface area contributed by atoms with E-state index >= 15 is 0 Å². The molecule has 0 spiro atoms. The maximum Gasteiger partial charge on any atom is 0.244 e. The molecule has 0 saturated heterocycles. The van der Waals surface area contributed by atoms with E-state index in [0.717, 1.165) is 4.88 Å². The molecular weight excluding hydrogens is 413 g/mol. The van der Waals surface area contributed by atoms with Gasteiger partial charge in [-0.25, -0.2) is 8.42 Å². The summed E-state index contributed by atoms with van der Waals surface area (Å²) in [6, 6.07) is 10.4. The lowest BCUT2D eigenvalue weighted by Crippen LogP contribution is -2.32. The summed E-state index contributed by atoms with van der Waals surface area (Å²) in [6.45, 7) is 2.21. The molecule has 0 aliphatic heterocycles. The van der Waals surface area contributed by atoms with Crippen LogP contribution in [0.5, 0.6) is 0 Å². The van der Waals surface area contributed by atoms with Gasteiger partial charge in [0.05, 0.1) is 17.8 Å². The molecule has 0 fully saturated rings. The van der Waals surface area contributed by atoms with E-state index in [9.17, 15) is 8.42 Å². The van der Waals surface area contributed by atoms with Crippen molar-refractivity contribution >= 4 is 44.6 Å². The Morgan fingerprint density at radius 3 is 2.62 bits per heavy atom. The zero-order valence-electron chi connectivity index (χ0n) is 14.0. The van der Waals surface area contributed by atoms with E-state index < -0.39 is 10.0 Å². The molecule has 0 bridgehead atoms. The minimum atomic E-state index is -3.81. The van der Waals surface area contributed by atoms with Gasteiger partial charge in [-0.15, -0.1) is 11.3 Å². The first-order chi connectivity index (χ1) is 12.4. The Kier molecular flexibility index (Phi) is 6.10. The molecule has 0 unspecified atom stereocenters. The van der Waals surface area contributed by atoms with Gasteiger partial charge < -0.3 is 4.42 Å². The third kappa shape index (κ3) is 4.32. The normalized spacial score (nSPS) is 12.0. The molecule has 0 saturated carbocycles. The van der Waals surface area contributed by atoms with Crippen molar-refractivity contribution in [1.82, 2.24) is 4.31 Å². The van der Waals surface area contributed by atoms with Crippen molar-refractivity contribution in [2.75, 3.05) is 6.54 Å². The van der Waals surface area contributed by atoms with Crippen molar-refractivity contribution in [1.29, 1.82) is 0 Å². The standard InChI is InChI=1S/C18H17Cl2NO3S2/c1-13-10-18(17(20)11-16(13)19)26(22,23)21(12-14-4-2-8-24-14)7-6-15-5-3-9-25-15/h2-5,8-11H,6-7,12H2,1H3. The Morgan fingerprint density at radius 2 is 1.96 bits per heavy atom. The number of hydrogen-bond donors (Lipinski definition) is 0. The molecular formula is C18H17Cl2NO3S2. The van der Waals surface area contributed by atoms with Crippen LogP contribution in [-0.2, 0) is 23.0 Å². The van der Waals surface area contributed by atoms with Gasteiger partial charge >= 0.3 is 0 Å². The van der Waals surface area contributed by atoms with Crippen molar-refractivity contribution in [2.24, 2.45) is 0 Å². The van der Waals surface area contributed by atoms with Crippen LogP contribution in [0, 0.1) is 6.92 Å². The van der Waals surface area contributed by atoms with Crippen LogP contribution in [0.1, 0.15) is 16.2 Å². The van der Waals surface area contributed by atoms with Crippen LogP contribution in [0.3, 0.4) is 0 Å². The fourth-order valence-corrected chi connectivity index (χ4v) is 5.43. The third-order valence-corrected chi connectivity index (χ3v) is 7.58. The van der Waals surface area contributed by atoms with Crippen LogP contribution in [0.2, 0.25) is 10.0 Å². The quantitative estimate of drug-likeness (QED) is 0.505. The highest BCUT2D eigenvalue weighted by atomic mass is 35.5. The van der Waals surface area contributed by atoms with Gasteiger partial charge in [0, 0.05) is 16.4 Å². The first kappa shape index (κ1) is 19.5. The summed E-state index contributed by atoms with van der Waals surface area (Å²) < 4.78 is 33.3. The van der Waals surface area contributed by atoms with E-state index in [4.69, 9.17) is 27.6 Å². The molecule has 2 aromatic heterocycles. The number of hydrogen-bond acceptors (Lipinski definition) is 4. The Morgan fingerprint density at radius 1 is 1.15 bits per heavy atom. The van der Waals surface area contributed by atoms with Gasteiger partial charge in [-0.2, -0.15) is 4.31 Å². The Balaban J connectivity index is 1.94. The molecule has 1 aromatic carbocycles. The maximum absolute atomic E-state index is 13.3. The second-order valence-corrected chi connectivity index (χ2v) is 9.53. The van der Waals surface area contributed by atoms with Crippen LogP contribution < -0.4 is 0 Å². The first-order valence-corrected chi connectivity index (χ1v) is 11.0. The molecule has 3 rings (SSSR count). The zero-order valence-corrected chi connectivity index (χ0v) is 17.1. The van der Waals surface area contributed by atoms with Crippen LogP contribution in [0.4, 0.5) is 0 Å². The van der Waals surface area contributed by atoms with Gasteiger partial charge in [0.2, 0.25) is 10.0 Å². The molecule has 8 heteroatoms. The van der Waals surface area contributed by atoms with Gasteiger partial charge in [0.25, 0.3) is 0 Å². The number of rotatable bonds is 7. The maximum atomic E-state index is 13.3. The minimum Gasteiger partial charge on any atom is -0.468 e.